The Morgan fingerprint density at radius 3 is 2.72 bits per heavy atom. The van der Waals surface area contributed by atoms with Crippen molar-refractivity contribution in [3.8, 4) is 0 Å². The van der Waals surface area contributed by atoms with Crippen LogP contribution in [0.5, 0.6) is 0 Å². The molecule has 6 nitrogen and oxygen atoms in total. The number of Topliss-reactive ketones (excluding diaryl/α,β-unsaturated/α-hetero) is 1. The molecule has 0 aromatic heterocycles. The fraction of sp³-hybridized carbons (Fsp3) is 0.440. The van der Waals surface area contributed by atoms with Crippen LogP contribution in [-0.2, 0) is 16.0 Å². The second-order valence-electron chi connectivity index (χ2n) is 9.14. The molecule has 1 amide bonds. The maximum absolute atomic E-state index is 13.2. The molecule has 1 saturated carbocycles. The monoisotopic (exact) mass is 452 g/mol. The van der Waals surface area contributed by atoms with Crippen molar-refractivity contribution < 1.29 is 9.59 Å². The highest BCUT2D eigenvalue weighted by Gasteiger charge is 2.51. The number of halogens is 1. The van der Waals surface area contributed by atoms with Crippen molar-refractivity contribution in [2.45, 2.75) is 37.6 Å². The number of amides is 1. The lowest BCUT2D eigenvalue weighted by Gasteiger charge is -2.50. The Kier molecular flexibility index (Phi) is 6.28. The summed E-state index contributed by atoms with van der Waals surface area (Å²) >= 11 is 6.19. The zero-order valence-corrected chi connectivity index (χ0v) is 18.6. The minimum absolute atomic E-state index is 0.00713. The van der Waals surface area contributed by atoms with Crippen molar-refractivity contribution in [2.75, 3.05) is 13.1 Å². The van der Waals surface area contributed by atoms with Gasteiger partial charge in [-0.2, -0.15) is 0 Å². The van der Waals surface area contributed by atoms with E-state index in [1.54, 1.807) is 0 Å². The van der Waals surface area contributed by atoms with Gasteiger partial charge in [0.25, 0.3) is 0 Å². The average Bonchev–Trinajstić information content (AvgIpc) is 2.79. The van der Waals surface area contributed by atoms with Crippen molar-refractivity contribution in [3.63, 3.8) is 0 Å². The molecular weight excluding hydrogens is 424 g/mol. The Hall–Kier alpha value is -2.25. The first kappa shape index (κ1) is 21.6. The minimum atomic E-state index is -0.292. The second-order valence-corrected chi connectivity index (χ2v) is 9.57. The number of rotatable bonds is 5. The normalized spacial score (nSPS) is 32.0. The molecule has 4 N–H and O–H groups in total. The average molecular weight is 453 g/mol. The summed E-state index contributed by atoms with van der Waals surface area (Å²) in [6.07, 6.45) is 1.78. The van der Waals surface area contributed by atoms with Crippen LogP contribution in [0.15, 0.2) is 54.6 Å². The lowest BCUT2D eigenvalue weighted by Crippen LogP contribution is -2.74. The van der Waals surface area contributed by atoms with Crippen LogP contribution < -0.4 is 21.3 Å². The van der Waals surface area contributed by atoms with Crippen LogP contribution in [0.4, 0.5) is 0 Å². The van der Waals surface area contributed by atoms with Gasteiger partial charge >= 0.3 is 0 Å². The van der Waals surface area contributed by atoms with Gasteiger partial charge in [-0.15, -0.1) is 0 Å². The van der Waals surface area contributed by atoms with E-state index in [1.165, 1.54) is 5.56 Å². The fourth-order valence-electron chi connectivity index (χ4n) is 5.60. The van der Waals surface area contributed by atoms with E-state index in [-0.39, 0.29) is 47.8 Å². The largest absolute Gasteiger partial charge is 0.328 e. The maximum atomic E-state index is 13.2. The van der Waals surface area contributed by atoms with Crippen molar-refractivity contribution in [1.82, 2.24) is 21.3 Å². The highest BCUT2D eigenvalue weighted by atomic mass is 35.5. The molecule has 2 saturated heterocycles. The molecule has 7 heteroatoms. The van der Waals surface area contributed by atoms with Crippen molar-refractivity contribution in [1.29, 1.82) is 0 Å². The molecule has 0 bridgehead atoms. The summed E-state index contributed by atoms with van der Waals surface area (Å²) in [5.74, 6) is -0.00515. The third-order valence-electron chi connectivity index (χ3n) is 7.17. The lowest BCUT2D eigenvalue weighted by atomic mass is 9.63. The van der Waals surface area contributed by atoms with Gasteiger partial charge < -0.3 is 10.6 Å². The molecule has 2 aliphatic heterocycles. The molecular formula is C25H29ClN4O2. The zero-order valence-electron chi connectivity index (χ0n) is 17.9. The first-order valence-corrected chi connectivity index (χ1v) is 11.8. The van der Waals surface area contributed by atoms with Crippen LogP contribution in [0, 0.1) is 17.8 Å². The molecule has 6 unspecified atom stereocenters. The summed E-state index contributed by atoms with van der Waals surface area (Å²) in [6, 6.07) is 18.0. The van der Waals surface area contributed by atoms with Crippen molar-refractivity contribution >= 4 is 23.3 Å². The van der Waals surface area contributed by atoms with E-state index in [1.807, 2.05) is 42.5 Å². The van der Waals surface area contributed by atoms with E-state index in [0.29, 0.717) is 18.0 Å². The van der Waals surface area contributed by atoms with E-state index in [2.05, 4.69) is 33.4 Å². The molecule has 2 aromatic rings. The molecule has 6 atom stereocenters. The Balaban J connectivity index is 1.25. The number of benzene rings is 2. The second kappa shape index (κ2) is 9.32. The molecule has 3 aliphatic rings. The lowest BCUT2D eigenvalue weighted by molar-refractivity contribution is -0.142. The molecule has 32 heavy (non-hydrogen) atoms. The van der Waals surface area contributed by atoms with E-state index in [0.717, 1.165) is 24.9 Å². The summed E-state index contributed by atoms with van der Waals surface area (Å²) in [6.45, 7) is 1.37. The van der Waals surface area contributed by atoms with Gasteiger partial charge in [0.2, 0.25) is 5.91 Å². The van der Waals surface area contributed by atoms with Crippen LogP contribution in [0.1, 0.15) is 29.9 Å². The number of hydrogen-bond acceptors (Lipinski definition) is 5. The van der Waals surface area contributed by atoms with Gasteiger partial charge in [-0.3, -0.25) is 20.2 Å². The molecule has 1 aliphatic carbocycles. The van der Waals surface area contributed by atoms with Crippen molar-refractivity contribution in [2.24, 2.45) is 17.8 Å². The summed E-state index contributed by atoms with van der Waals surface area (Å²) in [7, 11) is 0. The van der Waals surface area contributed by atoms with Crippen LogP contribution >= 0.6 is 11.6 Å². The van der Waals surface area contributed by atoms with E-state index in [4.69, 9.17) is 11.6 Å². The van der Waals surface area contributed by atoms with Crippen LogP contribution in [0.25, 0.3) is 0 Å². The summed E-state index contributed by atoms with van der Waals surface area (Å²) in [5.41, 5.74) is 2.34. The van der Waals surface area contributed by atoms with E-state index in [9.17, 15) is 9.59 Å². The van der Waals surface area contributed by atoms with Gasteiger partial charge in [-0.1, -0.05) is 54.1 Å². The predicted octanol–water partition coefficient (Wildman–Crippen LogP) is 2.40. The van der Waals surface area contributed by atoms with Crippen LogP contribution in [-0.4, -0.2) is 37.2 Å². The van der Waals surface area contributed by atoms with Crippen LogP contribution in [0.2, 0.25) is 5.02 Å². The number of carbonyl (C=O) groups excluding carboxylic acids is 2. The summed E-state index contributed by atoms with van der Waals surface area (Å²) in [5, 5.41) is 14.1. The first-order valence-electron chi connectivity index (χ1n) is 11.4. The third-order valence-corrected chi connectivity index (χ3v) is 7.41. The summed E-state index contributed by atoms with van der Waals surface area (Å²) < 4.78 is 0. The molecule has 0 spiro atoms. The number of carbonyl (C=O) groups is 2. The van der Waals surface area contributed by atoms with Crippen molar-refractivity contribution in [3.05, 3.63) is 70.7 Å². The number of nitrogens with one attached hydrogen (secondary N) is 4. The van der Waals surface area contributed by atoms with Gasteiger partial charge in [-0.25, -0.2) is 0 Å². The smallest absolute Gasteiger partial charge is 0.228 e. The Bertz CT molecular complexity index is 985. The fourth-order valence-corrected chi connectivity index (χ4v) is 5.80. The molecule has 5 rings (SSSR count). The molecule has 3 fully saturated rings. The van der Waals surface area contributed by atoms with E-state index < -0.39 is 0 Å². The van der Waals surface area contributed by atoms with Gasteiger partial charge in [0, 0.05) is 30.5 Å². The van der Waals surface area contributed by atoms with Gasteiger partial charge in [-0.05, 0) is 47.9 Å². The molecule has 0 radical (unpaired) electrons. The zero-order chi connectivity index (χ0) is 22.1. The SMILES string of the molecule is O=C1CC(c2cccc(Cl)c2)CC2C1CNC1NC(NCCc3ccccc3)NC(=O)C12. The predicted molar refractivity (Wildman–Crippen MR) is 124 cm³/mol. The standard InChI is InChI=1S/C25H29ClN4O2/c26-18-8-4-7-16(11-18)17-12-19-20(21(31)13-17)14-28-23-22(19)24(32)30-25(29-23)27-10-9-15-5-2-1-3-6-15/h1-8,11,17,19-20,22-23,25,27-29H,9-10,12-14H2,(H,30,32). The quantitative estimate of drug-likeness (QED) is 0.560. The van der Waals surface area contributed by atoms with E-state index >= 15 is 0 Å². The highest BCUT2D eigenvalue weighted by Crippen LogP contribution is 2.44. The topological polar surface area (TPSA) is 82.3 Å². The Morgan fingerprint density at radius 1 is 1.06 bits per heavy atom. The maximum Gasteiger partial charge on any atom is 0.228 e. The van der Waals surface area contributed by atoms with Gasteiger partial charge in [0.1, 0.15) is 12.1 Å². The number of ketones is 1. The number of fused-ring (bicyclic) bond motifs is 3. The molecule has 168 valence electrons. The first-order chi connectivity index (χ1) is 15.6. The third kappa shape index (κ3) is 4.46. The minimum Gasteiger partial charge on any atom is -0.328 e. The Morgan fingerprint density at radius 2 is 1.91 bits per heavy atom. The Labute approximate surface area is 193 Å². The number of piperidine rings is 1. The van der Waals surface area contributed by atoms with Gasteiger partial charge in [0.15, 0.2) is 0 Å². The van der Waals surface area contributed by atoms with Gasteiger partial charge in [0.05, 0.1) is 12.1 Å². The molecule has 2 heterocycles. The molecule has 2 aromatic carbocycles. The number of hydrogen-bond donors (Lipinski definition) is 4. The van der Waals surface area contributed by atoms with Crippen LogP contribution in [0.3, 0.4) is 0 Å². The highest BCUT2D eigenvalue weighted by molar-refractivity contribution is 6.30. The summed E-state index contributed by atoms with van der Waals surface area (Å²) in [4.78, 5) is 26.1.